The molecule has 2 aromatic rings. The smallest absolute Gasteiger partial charge is 0.238 e. The summed E-state index contributed by atoms with van der Waals surface area (Å²) in [5, 5.41) is 8.96. The topological polar surface area (TPSA) is 72.2 Å². The maximum Gasteiger partial charge on any atom is 0.238 e. The van der Waals surface area contributed by atoms with Crippen LogP contribution in [0.25, 0.3) is 0 Å². The molecule has 2 rings (SSSR count). The Kier molecular flexibility index (Phi) is 4.93. The van der Waals surface area contributed by atoms with Crippen LogP contribution in [-0.4, -0.2) is 8.42 Å². The zero-order chi connectivity index (χ0) is 15.6. The van der Waals surface area contributed by atoms with E-state index in [2.05, 4.69) is 21.2 Å². The van der Waals surface area contributed by atoms with Crippen molar-refractivity contribution in [1.82, 2.24) is 0 Å². The van der Waals surface area contributed by atoms with Gasteiger partial charge >= 0.3 is 0 Å². The van der Waals surface area contributed by atoms with E-state index in [1.807, 2.05) is 25.1 Å². The lowest BCUT2D eigenvalue weighted by atomic mass is 10.2. The molecule has 2 aromatic carbocycles. The summed E-state index contributed by atoms with van der Waals surface area (Å²) in [5.41, 5.74) is 2.55. The number of benzene rings is 2. The van der Waals surface area contributed by atoms with Crippen molar-refractivity contribution in [3.05, 3.63) is 57.0 Å². The van der Waals surface area contributed by atoms with Crippen LogP contribution in [0, 0.1) is 6.92 Å². The van der Waals surface area contributed by atoms with E-state index in [1.54, 1.807) is 6.07 Å². The Hall–Kier alpha value is -1.08. The van der Waals surface area contributed by atoms with Gasteiger partial charge in [-0.2, -0.15) is 0 Å². The van der Waals surface area contributed by atoms with Crippen LogP contribution in [0.5, 0.6) is 0 Å². The van der Waals surface area contributed by atoms with Crippen LogP contribution >= 0.6 is 27.5 Å². The van der Waals surface area contributed by atoms with E-state index in [0.29, 0.717) is 17.3 Å². The van der Waals surface area contributed by atoms with E-state index < -0.39 is 10.0 Å². The Balaban J connectivity index is 2.23. The third-order valence-corrected chi connectivity index (χ3v) is 4.78. The Morgan fingerprint density at radius 3 is 2.57 bits per heavy atom. The van der Waals surface area contributed by atoms with E-state index in [1.165, 1.54) is 12.1 Å². The maximum atomic E-state index is 11.4. The minimum atomic E-state index is -3.71. The third kappa shape index (κ3) is 4.20. The van der Waals surface area contributed by atoms with Crippen LogP contribution in [0.1, 0.15) is 11.1 Å². The molecule has 0 aliphatic heterocycles. The number of halogens is 2. The molecule has 0 bridgehead atoms. The van der Waals surface area contributed by atoms with Crippen molar-refractivity contribution in [2.75, 3.05) is 5.32 Å². The third-order valence-electron chi connectivity index (χ3n) is 3.02. The molecular formula is C14H14BrClN2O2S. The van der Waals surface area contributed by atoms with Gasteiger partial charge in [0.25, 0.3) is 0 Å². The highest BCUT2D eigenvalue weighted by molar-refractivity contribution is 9.10. The second kappa shape index (κ2) is 6.36. The normalized spacial score (nSPS) is 11.4. The fraction of sp³-hybridized carbons (Fsp3) is 0.143. The first-order valence-corrected chi connectivity index (χ1v) is 8.80. The first kappa shape index (κ1) is 16.3. The lowest BCUT2D eigenvalue weighted by molar-refractivity contribution is 0.598. The second-order valence-corrected chi connectivity index (χ2v) is 7.50. The molecule has 0 aliphatic rings. The van der Waals surface area contributed by atoms with Crippen LogP contribution in [0.15, 0.2) is 45.8 Å². The highest BCUT2D eigenvalue weighted by Crippen LogP contribution is 2.24. The number of hydrogen-bond acceptors (Lipinski definition) is 3. The molecule has 0 radical (unpaired) electrons. The van der Waals surface area contributed by atoms with Gasteiger partial charge in [-0.1, -0.05) is 39.7 Å². The molecular weight excluding hydrogens is 376 g/mol. The van der Waals surface area contributed by atoms with Crippen molar-refractivity contribution < 1.29 is 8.42 Å². The molecule has 0 heterocycles. The predicted molar refractivity (Wildman–Crippen MR) is 89.0 cm³/mol. The predicted octanol–water partition coefficient (Wildman–Crippen LogP) is 3.67. The van der Waals surface area contributed by atoms with Gasteiger partial charge in [0.05, 0.1) is 4.90 Å². The number of hydrogen-bond donors (Lipinski definition) is 2. The Labute approximate surface area is 137 Å². The van der Waals surface area contributed by atoms with Crippen molar-refractivity contribution in [2.24, 2.45) is 5.14 Å². The number of sulfonamides is 1. The van der Waals surface area contributed by atoms with Crippen LogP contribution in [0.4, 0.5) is 5.69 Å². The van der Waals surface area contributed by atoms with Gasteiger partial charge in [0.2, 0.25) is 10.0 Å². The Morgan fingerprint density at radius 2 is 1.95 bits per heavy atom. The SMILES string of the molecule is Cc1ccc(S(N)(=O)=O)cc1NCc1ccc(Br)cc1Cl. The van der Waals surface area contributed by atoms with Gasteiger partial charge in [0.15, 0.2) is 0 Å². The van der Waals surface area contributed by atoms with Crippen molar-refractivity contribution in [1.29, 1.82) is 0 Å². The van der Waals surface area contributed by atoms with Gasteiger partial charge in [0, 0.05) is 21.7 Å². The van der Waals surface area contributed by atoms with Gasteiger partial charge in [-0.25, -0.2) is 13.6 Å². The summed E-state index contributed by atoms with van der Waals surface area (Å²) in [6.45, 7) is 2.37. The molecule has 0 spiro atoms. The molecule has 0 fully saturated rings. The average Bonchev–Trinajstić information content (AvgIpc) is 2.38. The quantitative estimate of drug-likeness (QED) is 0.838. The van der Waals surface area contributed by atoms with Gasteiger partial charge in [-0.3, -0.25) is 0 Å². The van der Waals surface area contributed by atoms with Crippen molar-refractivity contribution in [3.63, 3.8) is 0 Å². The molecule has 0 atom stereocenters. The van der Waals surface area contributed by atoms with E-state index in [0.717, 1.165) is 15.6 Å². The molecule has 0 aliphatic carbocycles. The van der Waals surface area contributed by atoms with Gasteiger partial charge < -0.3 is 5.32 Å². The van der Waals surface area contributed by atoms with Crippen LogP contribution in [0.2, 0.25) is 5.02 Å². The number of rotatable bonds is 4. The Bertz CT molecular complexity index is 779. The van der Waals surface area contributed by atoms with Gasteiger partial charge in [-0.15, -0.1) is 0 Å². The fourth-order valence-corrected chi connectivity index (χ4v) is 3.10. The molecule has 7 heteroatoms. The largest absolute Gasteiger partial charge is 0.381 e. The average molecular weight is 390 g/mol. The summed E-state index contributed by atoms with van der Waals surface area (Å²) in [6.07, 6.45) is 0. The minimum Gasteiger partial charge on any atom is -0.381 e. The molecule has 0 saturated heterocycles. The number of anilines is 1. The molecule has 0 aromatic heterocycles. The van der Waals surface area contributed by atoms with E-state index >= 15 is 0 Å². The zero-order valence-corrected chi connectivity index (χ0v) is 14.4. The maximum absolute atomic E-state index is 11.4. The summed E-state index contributed by atoms with van der Waals surface area (Å²) in [7, 11) is -3.71. The summed E-state index contributed by atoms with van der Waals surface area (Å²) >= 11 is 9.50. The van der Waals surface area contributed by atoms with E-state index in [4.69, 9.17) is 16.7 Å². The first-order chi connectivity index (χ1) is 9.77. The summed E-state index contributed by atoms with van der Waals surface area (Å²) in [4.78, 5) is 0.0810. The molecule has 21 heavy (non-hydrogen) atoms. The number of aryl methyl sites for hydroxylation is 1. The molecule has 0 unspecified atom stereocenters. The number of primary sulfonamides is 1. The lowest BCUT2D eigenvalue weighted by Crippen LogP contribution is -2.13. The summed E-state index contributed by atoms with van der Waals surface area (Å²) < 4.78 is 23.7. The minimum absolute atomic E-state index is 0.0810. The zero-order valence-electron chi connectivity index (χ0n) is 11.2. The first-order valence-electron chi connectivity index (χ1n) is 6.08. The van der Waals surface area contributed by atoms with Gasteiger partial charge in [0.1, 0.15) is 0 Å². The van der Waals surface area contributed by atoms with Crippen LogP contribution < -0.4 is 10.5 Å². The van der Waals surface area contributed by atoms with Crippen molar-refractivity contribution in [2.45, 2.75) is 18.4 Å². The monoisotopic (exact) mass is 388 g/mol. The standard InChI is InChI=1S/C14H14BrClN2O2S/c1-9-2-5-12(21(17,19)20)7-14(9)18-8-10-3-4-11(15)6-13(10)16/h2-7,18H,8H2,1H3,(H2,17,19,20). The number of nitrogens with one attached hydrogen (secondary N) is 1. The highest BCUT2D eigenvalue weighted by Gasteiger charge is 2.10. The molecule has 0 amide bonds. The second-order valence-electron chi connectivity index (χ2n) is 4.61. The Morgan fingerprint density at radius 1 is 1.24 bits per heavy atom. The molecule has 0 saturated carbocycles. The van der Waals surface area contributed by atoms with Crippen LogP contribution in [-0.2, 0) is 16.6 Å². The van der Waals surface area contributed by atoms with Crippen molar-refractivity contribution >= 4 is 43.2 Å². The highest BCUT2D eigenvalue weighted by atomic mass is 79.9. The number of nitrogens with two attached hydrogens (primary N) is 1. The van der Waals surface area contributed by atoms with Gasteiger partial charge in [-0.05, 0) is 42.3 Å². The van der Waals surface area contributed by atoms with E-state index in [-0.39, 0.29) is 4.90 Å². The molecule has 4 nitrogen and oxygen atoms in total. The summed E-state index contributed by atoms with van der Waals surface area (Å²) in [6, 6.07) is 10.3. The molecule has 3 N–H and O–H groups in total. The lowest BCUT2D eigenvalue weighted by Gasteiger charge is -2.12. The van der Waals surface area contributed by atoms with E-state index in [9.17, 15) is 8.42 Å². The van der Waals surface area contributed by atoms with Crippen molar-refractivity contribution in [3.8, 4) is 0 Å². The van der Waals surface area contributed by atoms with Crippen LogP contribution in [0.3, 0.4) is 0 Å². The summed E-state index contributed by atoms with van der Waals surface area (Å²) in [5.74, 6) is 0. The molecule has 112 valence electrons. The fourth-order valence-electron chi connectivity index (χ4n) is 1.82.